The molecule has 4 N–H and O–H groups in total. The fraction of sp³-hybridized carbons (Fsp3) is 0.538. The highest BCUT2D eigenvalue weighted by atomic mass is 16.6. The number of aromatic amines is 1. The van der Waals surface area contributed by atoms with Crippen molar-refractivity contribution >= 4 is 17.3 Å². The van der Waals surface area contributed by atoms with Gasteiger partial charge in [0.25, 0.3) is 0 Å². The summed E-state index contributed by atoms with van der Waals surface area (Å²) in [4.78, 5) is 15.7. The lowest BCUT2D eigenvalue weighted by molar-refractivity contribution is 0.0524. The maximum absolute atomic E-state index is 11.5. The molecule has 0 saturated carbocycles. The molecule has 0 fully saturated rings. The van der Waals surface area contributed by atoms with Crippen LogP contribution in [0.4, 0.5) is 4.79 Å². The zero-order valence-electron chi connectivity index (χ0n) is 12.4. The van der Waals surface area contributed by atoms with E-state index >= 15 is 0 Å². The molecule has 2 aromatic heterocycles. The highest BCUT2D eigenvalue weighted by molar-refractivity contribution is 5.69. The fourth-order valence-corrected chi connectivity index (χ4v) is 1.80. The maximum atomic E-state index is 11.5. The van der Waals surface area contributed by atoms with E-state index < -0.39 is 11.7 Å². The van der Waals surface area contributed by atoms with Crippen LogP contribution < -0.4 is 11.1 Å². The van der Waals surface area contributed by atoms with Gasteiger partial charge in [0.15, 0.2) is 0 Å². The van der Waals surface area contributed by atoms with Gasteiger partial charge in [-0.3, -0.25) is 0 Å². The molecule has 2 rings (SSSR count). The van der Waals surface area contributed by atoms with Gasteiger partial charge in [-0.15, -0.1) is 5.10 Å². The second-order valence-corrected chi connectivity index (χ2v) is 5.86. The number of nitrogens with one attached hydrogen (secondary N) is 2. The quantitative estimate of drug-likeness (QED) is 0.765. The number of pyridine rings is 1. The van der Waals surface area contributed by atoms with E-state index in [1.807, 2.05) is 26.8 Å². The van der Waals surface area contributed by atoms with E-state index in [0.717, 1.165) is 5.56 Å². The van der Waals surface area contributed by atoms with Crippen LogP contribution in [0.2, 0.25) is 0 Å². The van der Waals surface area contributed by atoms with Crippen LogP contribution in [0.1, 0.15) is 26.3 Å². The fourth-order valence-electron chi connectivity index (χ4n) is 1.80. The monoisotopic (exact) mass is 292 g/mol. The number of hydrogen-bond donors (Lipinski definition) is 3. The molecule has 2 aromatic rings. The van der Waals surface area contributed by atoms with Gasteiger partial charge in [-0.25, -0.2) is 9.78 Å². The van der Waals surface area contributed by atoms with Crippen LogP contribution in [0.25, 0.3) is 11.2 Å². The molecule has 114 valence electrons. The lowest BCUT2D eigenvalue weighted by Gasteiger charge is -2.20. The minimum Gasteiger partial charge on any atom is -0.444 e. The lowest BCUT2D eigenvalue weighted by Crippen LogP contribution is -2.41. The van der Waals surface area contributed by atoms with E-state index in [4.69, 9.17) is 10.5 Å². The van der Waals surface area contributed by atoms with Gasteiger partial charge in [-0.05, 0) is 38.8 Å². The van der Waals surface area contributed by atoms with E-state index in [1.54, 1.807) is 6.20 Å². The number of nitrogens with two attached hydrogens (primary N) is 1. The van der Waals surface area contributed by atoms with Crippen LogP contribution in [-0.2, 0) is 11.2 Å². The number of carbonyl (C=O) groups excluding carboxylic acids is 1. The first kappa shape index (κ1) is 15.2. The third kappa shape index (κ3) is 4.67. The van der Waals surface area contributed by atoms with Crippen molar-refractivity contribution in [2.24, 2.45) is 5.73 Å². The van der Waals surface area contributed by atoms with Gasteiger partial charge >= 0.3 is 6.09 Å². The summed E-state index contributed by atoms with van der Waals surface area (Å²) in [7, 11) is 0. The largest absolute Gasteiger partial charge is 0.444 e. The molecule has 0 aromatic carbocycles. The Kier molecular flexibility index (Phi) is 4.37. The van der Waals surface area contributed by atoms with Crippen LogP contribution in [0.5, 0.6) is 0 Å². The van der Waals surface area contributed by atoms with Crippen LogP contribution in [0.3, 0.4) is 0 Å². The Morgan fingerprint density at radius 2 is 2.24 bits per heavy atom. The molecule has 0 saturated heterocycles. The van der Waals surface area contributed by atoms with Crippen molar-refractivity contribution in [3.05, 3.63) is 17.8 Å². The van der Waals surface area contributed by atoms with E-state index in [2.05, 4.69) is 25.7 Å². The third-order valence-corrected chi connectivity index (χ3v) is 2.64. The molecule has 0 spiro atoms. The topological polar surface area (TPSA) is 119 Å². The van der Waals surface area contributed by atoms with E-state index in [0.29, 0.717) is 24.1 Å². The molecular formula is C13H20N6O2. The Morgan fingerprint density at radius 3 is 2.95 bits per heavy atom. The first-order chi connectivity index (χ1) is 9.83. The number of H-pyrrole nitrogens is 1. The summed E-state index contributed by atoms with van der Waals surface area (Å²) in [5.74, 6) is 0. The first-order valence-corrected chi connectivity index (χ1v) is 6.71. The van der Waals surface area contributed by atoms with E-state index in [9.17, 15) is 4.79 Å². The predicted molar refractivity (Wildman–Crippen MR) is 77.6 cm³/mol. The van der Waals surface area contributed by atoms with Gasteiger partial charge in [0, 0.05) is 18.8 Å². The molecule has 1 atom stereocenters. The normalized spacial score (nSPS) is 13.1. The predicted octanol–water partition coefficient (Wildman–Crippen LogP) is 0.747. The number of carbonyl (C=O) groups is 1. The Balaban J connectivity index is 1.84. The minimum atomic E-state index is -0.518. The van der Waals surface area contributed by atoms with E-state index in [-0.39, 0.29) is 6.04 Å². The number of ether oxygens (including phenoxy) is 1. The van der Waals surface area contributed by atoms with Crippen LogP contribution in [-0.4, -0.2) is 44.7 Å². The standard InChI is InChI=1S/C13H20N6O2/c1-13(2,3)21-12(20)16-7-9(14)4-8-5-10-11(15-6-8)18-19-17-10/h5-6,9H,4,7,14H2,1-3H3,(H,16,20)(H,15,17,18,19). The first-order valence-electron chi connectivity index (χ1n) is 6.71. The molecular weight excluding hydrogens is 272 g/mol. The molecule has 0 aliphatic rings. The SMILES string of the molecule is CC(C)(C)OC(=O)NCC(N)Cc1cnc2n[nH]nc2c1. The molecule has 1 unspecified atom stereocenters. The maximum Gasteiger partial charge on any atom is 0.407 e. The molecule has 8 nitrogen and oxygen atoms in total. The minimum absolute atomic E-state index is 0.233. The van der Waals surface area contributed by atoms with Crippen molar-refractivity contribution in [3.8, 4) is 0 Å². The Hall–Kier alpha value is -2.22. The smallest absolute Gasteiger partial charge is 0.407 e. The number of alkyl carbamates (subject to hydrolysis) is 1. The molecule has 1 amide bonds. The molecule has 2 heterocycles. The van der Waals surface area contributed by atoms with Crippen molar-refractivity contribution in [1.82, 2.24) is 25.7 Å². The second-order valence-electron chi connectivity index (χ2n) is 5.86. The van der Waals surface area contributed by atoms with Gasteiger partial charge < -0.3 is 15.8 Å². The number of amides is 1. The van der Waals surface area contributed by atoms with Crippen molar-refractivity contribution in [2.75, 3.05) is 6.54 Å². The molecule has 0 aliphatic heterocycles. The summed E-state index contributed by atoms with van der Waals surface area (Å²) in [6, 6.07) is 1.64. The summed E-state index contributed by atoms with van der Waals surface area (Å²) >= 11 is 0. The number of rotatable bonds is 4. The molecule has 0 bridgehead atoms. The summed E-state index contributed by atoms with van der Waals surface area (Å²) in [6.45, 7) is 5.76. The van der Waals surface area contributed by atoms with Crippen molar-refractivity contribution in [3.63, 3.8) is 0 Å². The third-order valence-electron chi connectivity index (χ3n) is 2.64. The highest BCUT2D eigenvalue weighted by Crippen LogP contribution is 2.09. The van der Waals surface area contributed by atoms with Crippen LogP contribution in [0.15, 0.2) is 12.3 Å². The van der Waals surface area contributed by atoms with Gasteiger partial charge in [-0.2, -0.15) is 10.3 Å². The summed E-state index contributed by atoms with van der Waals surface area (Å²) in [6.07, 6.45) is 1.81. The second kappa shape index (κ2) is 6.04. The average molecular weight is 292 g/mol. The van der Waals surface area contributed by atoms with Gasteiger partial charge in [0.1, 0.15) is 11.1 Å². The lowest BCUT2D eigenvalue weighted by atomic mass is 10.1. The summed E-state index contributed by atoms with van der Waals surface area (Å²) in [5, 5.41) is 13.0. The molecule has 21 heavy (non-hydrogen) atoms. The number of nitrogens with zero attached hydrogens (tertiary/aromatic N) is 3. The van der Waals surface area contributed by atoms with E-state index in [1.165, 1.54) is 0 Å². The average Bonchev–Trinajstić information content (AvgIpc) is 2.81. The molecule has 0 radical (unpaired) electrons. The number of hydrogen-bond acceptors (Lipinski definition) is 6. The number of aromatic nitrogens is 4. The van der Waals surface area contributed by atoms with Crippen molar-refractivity contribution in [2.45, 2.75) is 38.8 Å². The van der Waals surface area contributed by atoms with Gasteiger partial charge in [0.2, 0.25) is 5.65 Å². The van der Waals surface area contributed by atoms with Crippen LogP contribution >= 0.6 is 0 Å². The Morgan fingerprint density at radius 1 is 1.48 bits per heavy atom. The Bertz CT molecular complexity index is 618. The zero-order valence-corrected chi connectivity index (χ0v) is 12.4. The van der Waals surface area contributed by atoms with Crippen LogP contribution in [0, 0.1) is 0 Å². The highest BCUT2D eigenvalue weighted by Gasteiger charge is 2.16. The summed E-state index contributed by atoms with van der Waals surface area (Å²) in [5.41, 5.74) is 7.68. The molecule has 0 aliphatic carbocycles. The van der Waals surface area contributed by atoms with Crippen molar-refractivity contribution < 1.29 is 9.53 Å². The zero-order chi connectivity index (χ0) is 15.5. The Labute approximate surface area is 122 Å². The summed E-state index contributed by atoms with van der Waals surface area (Å²) < 4.78 is 5.15. The van der Waals surface area contributed by atoms with Gasteiger partial charge in [-0.1, -0.05) is 0 Å². The molecule has 8 heteroatoms. The van der Waals surface area contributed by atoms with Crippen molar-refractivity contribution in [1.29, 1.82) is 0 Å². The number of fused-ring (bicyclic) bond motifs is 1. The van der Waals surface area contributed by atoms with Gasteiger partial charge in [0.05, 0.1) is 0 Å².